The van der Waals surface area contributed by atoms with Gasteiger partial charge >= 0.3 is 12.1 Å². The van der Waals surface area contributed by atoms with Gasteiger partial charge < -0.3 is 20.3 Å². The Morgan fingerprint density at radius 2 is 1.79 bits per heavy atom. The van der Waals surface area contributed by atoms with Crippen LogP contribution in [0.3, 0.4) is 0 Å². The number of anilines is 1. The van der Waals surface area contributed by atoms with Crippen molar-refractivity contribution in [3.63, 3.8) is 0 Å². The maximum Gasteiger partial charge on any atom is 0.412 e. The average Bonchev–Trinajstić information content (AvgIpc) is 2.44. The van der Waals surface area contributed by atoms with Crippen molar-refractivity contribution in [3.05, 3.63) is 23.8 Å². The molecule has 1 rings (SSSR count). The number of carboxylic acids is 1. The zero-order chi connectivity index (χ0) is 18.7. The third-order valence-corrected chi connectivity index (χ3v) is 3.62. The van der Waals surface area contributed by atoms with Gasteiger partial charge in [-0.15, -0.1) is 0 Å². The SMILES string of the molecule is COc1cc(C(C)(C)C(N)C(=O)O)ccc1NC(=O)OC(C)(C)C. The van der Waals surface area contributed by atoms with Gasteiger partial charge in [0.15, 0.2) is 0 Å². The molecule has 7 heteroatoms. The van der Waals surface area contributed by atoms with Gasteiger partial charge in [0.25, 0.3) is 0 Å². The molecule has 0 fully saturated rings. The lowest BCUT2D eigenvalue weighted by molar-refractivity contribution is -0.140. The second-order valence-corrected chi connectivity index (χ2v) is 7.08. The Bertz CT molecular complexity index is 620. The molecular weight excluding hydrogens is 312 g/mol. The third-order valence-electron chi connectivity index (χ3n) is 3.62. The number of ether oxygens (including phenoxy) is 2. The van der Waals surface area contributed by atoms with Gasteiger partial charge in [-0.05, 0) is 38.5 Å². The smallest absolute Gasteiger partial charge is 0.412 e. The Balaban J connectivity index is 3.09. The van der Waals surface area contributed by atoms with Crippen LogP contribution in [0.1, 0.15) is 40.2 Å². The van der Waals surface area contributed by atoms with Gasteiger partial charge in [-0.3, -0.25) is 10.1 Å². The van der Waals surface area contributed by atoms with E-state index in [1.54, 1.807) is 52.8 Å². The van der Waals surface area contributed by atoms with Crippen molar-refractivity contribution >= 4 is 17.7 Å². The van der Waals surface area contributed by atoms with Crippen molar-refractivity contribution < 1.29 is 24.2 Å². The Morgan fingerprint density at radius 3 is 2.25 bits per heavy atom. The fourth-order valence-electron chi connectivity index (χ4n) is 2.10. The standard InChI is InChI=1S/C17H26N2O5/c1-16(2,3)24-15(22)19-11-8-7-10(9-12(11)23-6)17(4,5)13(18)14(20)21/h7-9,13H,18H2,1-6H3,(H,19,22)(H,20,21). The van der Waals surface area contributed by atoms with Crippen molar-refractivity contribution in [2.24, 2.45) is 5.73 Å². The van der Waals surface area contributed by atoms with Crippen LogP contribution in [-0.2, 0) is 14.9 Å². The monoisotopic (exact) mass is 338 g/mol. The van der Waals surface area contributed by atoms with Gasteiger partial charge in [-0.2, -0.15) is 0 Å². The summed E-state index contributed by atoms with van der Waals surface area (Å²) in [6.07, 6.45) is -0.602. The molecular formula is C17H26N2O5. The molecule has 7 nitrogen and oxygen atoms in total. The molecule has 1 unspecified atom stereocenters. The lowest BCUT2D eigenvalue weighted by atomic mass is 9.78. The molecule has 0 spiro atoms. The van der Waals surface area contributed by atoms with Crippen LogP contribution in [0.4, 0.5) is 10.5 Å². The molecule has 0 aliphatic rings. The van der Waals surface area contributed by atoms with Crippen molar-refractivity contribution in [1.29, 1.82) is 0 Å². The minimum Gasteiger partial charge on any atom is -0.495 e. The van der Waals surface area contributed by atoms with Crippen LogP contribution in [0.25, 0.3) is 0 Å². The summed E-state index contributed by atoms with van der Waals surface area (Å²) in [5.74, 6) is -0.695. The molecule has 0 saturated carbocycles. The molecule has 1 aromatic carbocycles. The molecule has 134 valence electrons. The van der Waals surface area contributed by atoms with Crippen molar-refractivity contribution in [3.8, 4) is 5.75 Å². The minimum absolute atomic E-state index is 0.393. The summed E-state index contributed by atoms with van der Waals surface area (Å²) in [4.78, 5) is 23.1. The van der Waals surface area contributed by atoms with Crippen LogP contribution in [0.5, 0.6) is 5.75 Å². The average molecular weight is 338 g/mol. The van der Waals surface area contributed by atoms with Crippen molar-refractivity contribution in [2.75, 3.05) is 12.4 Å². The van der Waals surface area contributed by atoms with E-state index >= 15 is 0 Å². The Kier molecular flexibility index (Phi) is 5.84. The molecule has 1 atom stereocenters. The van der Waals surface area contributed by atoms with E-state index in [9.17, 15) is 9.59 Å². The maximum absolute atomic E-state index is 11.9. The summed E-state index contributed by atoms with van der Waals surface area (Å²) < 4.78 is 10.5. The van der Waals surface area contributed by atoms with Crippen LogP contribution in [0, 0.1) is 0 Å². The molecule has 0 bridgehead atoms. The number of nitrogens with two attached hydrogens (primary N) is 1. The van der Waals surface area contributed by atoms with E-state index < -0.39 is 29.1 Å². The first kappa shape index (κ1) is 19.8. The molecule has 24 heavy (non-hydrogen) atoms. The molecule has 0 heterocycles. The number of aliphatic carboxylic acids is 1. The number of carbonyl (C=O) groups is 2. The van der Waals surface area contributed by atoms with Crippen LogP contribution >= 0.6 is 0 Å². The van der Waals surface area contributed by atoms with E-state index in [1.807, 2.05) is 0 Å². The first-order valence-electron chi connectivity index (χ1n) is 7.55. The summed E-state index contributed by atoms with van der Waals surface area (Å²) in [5.41, 5.74) is 5.45. The summed E-state index contributed by atoms with van der Waals surface area (Å²) in [7, 11) is 1.46. The minimum atomic E-state index is -1.09. The van der Waals surface area contributed by atoms with Crippen LogP contribution in [-0.4, -0.2) is 35.9 Å². The lowest BCUT2D eigenvalue weighted by Crippen LogP contribution is -2.46. The van der Waals surface area contributed by atoms with E-state index in [0.717, 1.165) is 0 Å². The highest BCUT2D eigenvalue weighted by Gasteiger charge is 2.34. The highest BCUT2D eigenvalue weighted by Crippen LogP contribution is 2.33. The largest absolute Gasteiger partial charge is 0.495 e. The summed E-state index contributed by atoms with van der Waals surface area (Å²) >= 11 is 0. The van der Waals surface area contributed by atoms with Gasteiger partial charge in [0.1, 0.15) is 17.4 Å². The number of hydrogen-bond donors (Lipinski definition) is 3. The summed E-state index contributed by atoms with van der Waals surface area (Å²) in [6.45, 7) is 8.78. The van der Waals surface area contributed by atoms with Gasteiger partial charge in [0.2, 0.25) is 0 Å². The van der Waals surface area contributed by atoms with Gasteiger partial charge in [-0.1, -0.05) is 19.9 Å². The molecule has 0 aromatic heterocycles. The van der Waals surface area contributed by atoms with Crippen LogP contribution in [0.15, 0.2) is 18.2 Å². The predicted octanol–water partition coefficient (Wildman–Crippen LogP) is 2.73. The Morgan fingerprint density at radius 1 is 1.21 bits per heavy atom. The Labute approximate surface area is 142 Å². The number of hydrogen-bond acceptors (Lipinski definition) is 5. The normalized spacial score (nSPS) is 13.1. The zero-order valence-corrected chi connectivity index (χ0v) is 15.0. The number of rotatable bonds is 5. The predicted molar refractivity (Wildman–Crippen MR) is 91.5 cm³/mol. The Hall–Kier alpha value is -2.28. The number of nitrogens with one attached hydrogen (secondary N) is 1. The molecule has 0 saturated heterocycles. The molecule has 0 aliphatic carbocycles. The second-order valence-electron chi connectivity index (χ2n) is 7.08. The molecule has 4 N–H and O–H groups in total. The van der Waals surface area contributed by atoms with E-state index in [-0.39, 0.29) is 0 Å². The van der Waals surface area contributed by atoms with Crippen LogP contribution < -0.4 is 15.8 Å². The number of methoxy groups -OCH3 is 1. The molecule has 1 aromatic rings. The topological polar surface area (TPSA) is 111 Å². The lowest BCUT2D eigenvalue weighted by Gasteiger charge is -2.30. The van der Waals surface area contributed by atoms with Crippen molar-refractivity contribution in [1.82, 2.24) is 0 Å². The zero-order valence-electron chi connectivity index (χ0n) is 15.0. The first-order valence-corrected chi connectivity index (χ1v) is 7.55. The maximum atomic E-state index is 11.9. The van der Waals surface area contributed by atoms with Gasteiger partial charge in [0, 0.05) is 5.41 Å². The van der Waals surface area contributed by atoms with Gasteiger partial charge in [-0.25, -0.2) is 4.79 Å². The van der Waals surface area contributed by atoms with E-state index in [2.05, 4.69) is 5.32 Å². The first-order chi connectivity index (χ1) is 10.9. The second kappa shape index (κ2) is 7.09. The number of carboxylic acid groups (broad SMARTS) is 1. The molecule has 0 radical (unpaired) electrons. The highest BCUT2D eigenvalue weighted by molar-refractivity contribution is 5.87. The fourth-order valence-corrected chi connectivity index (χ4v) is 2.10. The number of carbonyl (C=O) groups excluding carboxylic acids is 1. The van der Waals surface area contributed by atoms with Gasteiger partial charge in [0.05, 0.1) is 12.8 Å². The quantitative estimate of drug-likeness (QED) is 0.761. The highest BCUT2D eigenvalue weighted by atomic mass is 16.6. The van der Waals surface area contributed by atoms with Crippen molar-refractivity contribution in [2.45, 2.75) is 51.7 Å². The van der Waals surface area contributed by atoms with E-state index in [1.165, 1.54) is 7.11 Å². The molecule has 0 aliphatic heterocycles. The molecule has 1 amide bonds. The van der Waals surface area contributed by atoms with E-state index in [0.29, 0.717) is 17.0 Å². The van der Waals surface area contributed by atoms with Crippen LogP contribution in [0.2, 0.25) is 0 Å². The number of amides is 1. The van der Waals surface area contributed by atoms with E-state index in [4.69, 9.17) is 20.3 Å². The fraction of sp³-hybridized carbons (Fsp3) is 0.529. The summed E-state index contributed by atoms with van der Waals surface area (Å²) in [5, 5.41) is 11.8. The summed E-state index contributed by atoms with van der Waals surface area (Å²) in [6, 6.07) is 3.92. The third kappa shape index (κ3) is 4.86. The number of benzene rings is 1.